The third kappa shape index (κ3) is 5.93. The Kier molecular flexibility index (Phi) is 7.32. The highest BCUT2D eigenvalue weighted by molar-refractivity contribution is 6.06. The molecule has 1 saturated carbocycles. The highest BCUT2D eigenvalue weighted by atomic mass is 19.4. The predicted octanol–water partition coefficient (Wildman–Crippen LogP) is 7.02. The summed E-state index contributed by atoms with van der Waals surface area (Å²) in [5, 5.41) is 14.0. The third-order valence-corrected chi connectivity index (χ3v) is 8.20. The van der Waals surface area contributed by atoms with Gasteiger partial charge in [-0.3, -0.25) is 9.78 Å². The molecule has 38 heavy (non-hydrogen) atoms. The number of aliphatic hydroxyl groups is 1. The molecule has 0 aliphatic heterocycles. The van der Waals surface area contributed by atoms with Crippen LogP contribution in [0.15, 0.2) is 83.1 Å². The van der Waals surface area contributed by atoms with Crippen molar-refractivity contribution in [2.75, 3.05) is 5.32 Å². The first-order valence-corrected chi connectivity index (χ1v) is 13.3. The summed E-state index contributed by atoms with van der Waals surface area (Å²) in [6.07, 6.45) is 3.75. The minimum atomic E-state index is -4.27. The van der Waals surface area contributed by atoms with Crippen molar-refractivity contribution in [3.05, 3.63) is 94.4 Å². The molecule has 0 unspecified atom stereocenters. The first kappa shape index (κ1) is 26.4. The zero-order valence-corrected chi connectivity index (χ0v) is 21.5. The maximum absolute atomic E-state index is 13.3. The molecular weight excluding hydrogens is 489 g/mol. The van der Waals surface area contributed by atoms with Gasteiger partial charge in [-0.1, -0.05) is 42.0 Å². The Bertz CT molecular complexity index is 1300. The lowest BCUT2D eigenvalue weighted by molar-refractivity contribution is -0.149. The van der Waals surface area contributed by atoms with E-state index in [1.54, 1.807) is 12.3 Å². The summed E-state index contributed by atoms with van der Waals surface area (Å²) in [7, 11) is 0. The van der Waals surface area contributed by atoms with Gasteiger partial charge < -0.3 is 10.4 Å². The quantitative estimate of drug-likeness (QED) is 0.429. The van der Waals surface area contributed by atoms with Crippen molar-refractivity contribution < 1.29 is 23.1 Å². The van der Waals surface area contributed by atoms with E-state index in [0.717, 1.165) is 36.1 Å². The van der Waals surface area contributed by atoms with E-state index in [0.29, 0.717) is 30.5 Å². The van der Waals surface area contributed by atoms with Gasteiger partial charge in [0.1, 0.15) is 0 Å². The van der Waals surface area contributed by atoms with E-state index in [-0.39, 0.29) is 24.2 Å². The van der Waals surface area contributed by atoms with E-state index in [1.165, 1.54) is 11.1 Å². The van der Waals surface area contributed by atoms with Gasteiger partial charge in [-0.15, -0.1) is 0 Å². The van der Waals surface area contributed by atoms with Crippen LogP contribution in [0, 0.1) is 18.8 Å². The molecule has 3 aliphatic carbocycles. The van der Waals surface area contributed by atoms with Crippen molar-refractivity contribution in [3.8, 4) is 0 Å². The zero-order chi connectivity index (χ0) is 26.9. The Morgan fingerprint density at radius 3 is 2.68 bits per heavy atom. The number of anilines is 1. The Morgan fingerprint density at radius 1 is 1.16 bits per heavy atom. The number of carbonyl (C=O) groups is 1. The van der Waals surface area contributed by atoms with Crippen molar-refractivity contribution in [1.29, 1.82) is 0 Å². The van der Waals surface area contributed by atoms with Crippen LogP contribution in [0.4, 0.5) is 18.9 Å². The maximum atomic E-state index is 13.3. The van der Waals surface area contributed by atoms with Gasteiger partial charge in [0.05, 0.1) is 17.0 Å². The van der Waals surface area contributed by atoms with Gasteiger partial charge in [0.25, 0.3) is 5.91 Å². The molecule has 0 radical (unpaired) electrons. The number of hydrogen-bond acceptors (Lipinski definition) is 3. The fourth-order valence-electron chi connectivity index (χ4n) is 6.30. The fraction of sp³-hybridized carbons (Fsp3) is 0.419. The molecule has 2 N–H and O–H groups in total. The number of pyridine rings is 1. The molecule has 0 bridgehead atoms. The number of hydrogen-bond donors (Lipinski definition) is 2. The second kappa shape index (κ2) is 10.5. The molecule has 1 fully saturated rings. The lowest BCUT2D eigenvalue weighted by Crippen LogP contribution is -2.39. The summed E-state index contributed by atoms with van der Waals surface area (Å²) in [6.45, 7) is 1.85. The smallest absolute Gasteiger partial charge is 0.389 e. The number of aryl methyl sites for hydroxylation is 1. The van der Waals surface area contributed by atoms with Crippen LogP contribution in [0.1, 0.15) is 56.2 Å². The van der Waals surface area contributed by atoms with E-state index < -0.39 is 18.2 Å². The number of rotatable bonds is 6. The number of nitrogens with zero attached hydrogens (tertiary/aromatic N) is 1. The van der Waals surface area contributed by atoms with Gasteiger partial charge in [-0.2, -0.15) is 13.2 Å². The number of nitrogens with one attached hydrogen (secondary N) is 1. The second-order valence-corrected chi connectivity index (χ2v) is 10.9. The van der Waals surface area contributed by atoms with Crippen LogP contribution in [-0.4, -0.2) is 27.8 Å². The van der Waals surface area contributed by atoms with E-state index in [9.17, 15) is 23.1 Å². The van der Waals surface area contributed by atoms with Gasteiger partial charge in [-0.25, -0.2) is 0 Å². The first-order chi connectivity index (χ1) is 18.1. The van der Waals surface area contributed by atoms with E-state index in [4.69, 9.17) is 0 Å². The Balaban J connectivity index is 1.44. The van der Waals surface area contributed by atoms with Gasteiger partial charge >= 0.3 is 6.18 Å². The zero-order valence-electron chi connectivity index (χ0n) is 21.5. The third-order valence-electron chi connectivity index (χ3n) is 8.20. The molecule has 0 saturated heterocycles. The lowest BCUT2D eigenvalue weighted by Gasteiger charge is -2.44. The van der Waals surface area contributed by atoms with Gasteiger partial charge in [0.2, 0.25) is 0 Å². The highest BCUT2D eigenvalue weighted by Gasteiger charge is 2.43. The fourth-order valence-corrected chi connectivity index (χ4v) is 6.30. The number of carbonyl (C=O) groups excluding carboxylic acids is 1. The van der Waals surface area contributed by atoms with E-state index >= 15 is 0 Å². The van der Waals surface area contributed by atoms with Crippen molar-refractivity contribution in [2.24, 2.45) is 11.8 Å². The normalized spacial score (nSPS) is 25.2. The summed E-state index contributed by atoms with van der Waals surface area (Å²) < 4.78 is 38.7. The molecule has 5 rings (SSSR count). The van der Waals surface area contributed by atoms with Gasteiger partial charge in [0.15, 0.2) is 0 Å². The van der Waals surface area contributed by atoms with Crippen LogP contribution in [0.25, 0.3) is 0 Å². The van der Waals surface area contributed by atoms with Crippen LogP contribution in [0.3, 0.4) is 0 Å². The van der Waals surface area contributed by atoms with Crippen molar-refractivity contribution in [2.45, 2.75) is 70.1 Å². The minimum Gasteiger partial charge on any atom is -0.390 e. The number of halogens is 3. The summed E-state index contributed by atoms with van der Waals surface area (Å²) in [5.41, 5.74) is 5.51. The average Bonchev–Trinajstić information content (AvgIpc) is 2.88. The number of benzene rings is 1. The minimum absolute atomic E-state index is 0.0210. The van der Waals surface area contributed by atoms with Crippen LogP contribution < -0.4 is 5.32 Å². The van der Waals surface area contributed by atoms with E-state index in [1.807, 2.05) is 43.3 Å². The molecule has 1 heterocycles. The Labute approximate surface area is 221 Å². The van der Waals surface area contributed by atoms with Crippen LogP contribution in [-0.2, 0) is 11.2 Å². The first-order valence-electron chi connectivity index (χ1n) is 13.3. The molecule has 1 aromatic heterocycles. The van der Waals surface area contributed by atoms with Crippen molar-refractivity contribution in [1.82, 2.24) is 4.98 Å². The highest BCUT2D eigenvalue weighted by Crippen LogP contribution is 2.51. The average molecular weight is 523 g/mol. The SMILES string of the molecule is Cc1ncccc1NC(=O)C1=C[C@@H](Cc2ccccc2)C2=C3CC[C@](O)(CCC(F)(F)F)C[C@H]3CCC2=C1. The lowest BCUT2D eigenvalue weighted by atomic mass is 9.63. The number of alkyl halides is 3. The monoisotopic (exact) mass is 522 g/mol. The van der Waals surface area contributed by atoms with Gasteiger partial charge in [-0.05, 0) is 92.7 Å². The molecule has 200 valence electrons. The number of amides is 1. The van der Waals surface area contributed by atoms with Crippen LogP contribution >= 0.6 is 0 Å². The summed E-state index contributed by atoms with van der Waals surface area (Å²) in [4.78, 5) is 17.6. The predicted molar refractivity (Wildman–Crippen MR) is 141 cm³/mol. The topological polar surface area (TPSA) is 62.2 Å². The molecule has 2 aromatic rings. The maximum Gasteiger partial charge on any atom is 0.389 e. The van der Waals surface area contributed by atoms with Crippen molar-refractivity contribution in [3.63, 3.8) is 0 Å². The molecule has 0 spiro atoms. The molecular formula is C31H33F3N2O2. The number of fused-ring (bicyclic) bond motifs is 2. The Morgan fingerprint density at radius 2 is 1.95 bits per heavy atom. The standard InChI is InChI=1S/C31H33F3N2O2/c1-20-27(8-5-15-35-20)36-29(37)25-17-22-9-10-23-19-30(38,13-14-31(32,33)34)12-11-26(23)28(22)24(18-25)16-21-6-3-2-4-7-21/h2-8,15,17-18,23-24,38H,9-14,16,19H2,1H3,(H,36,37)/t23-,24-,30+/m1/s1. The number of aromatic nitrogens is 1. The molecule has 4 nitrogen and oxygen atoms in total. The molecule has 1 aromatic carbocycles. The molecule has 3 aliphatic rings. The molecule has 1 amide bonds. The largest absolute Gasteiger partial charge is 0.390 e. The number of allylic oxidation sites excluding steroid dienone is 4. The van der Waals surface area contributed by atoms with Crippen molar-refractivity contribution >= 4 is 11.6 Å². The summed E-state index contributed by atoms with van der Waals surface area (Å²) in [6, 6.07) is 13.7. The summed E-state index contributed by atoms with van der Waals surface area (Å²) in [5.74, 6) is -0.135. The van der Waals surface area contributed by atoms with Gasteiger partial charge in [0, 0.05) is 24.1 Å². The van der Waals surface area contributed by atoms with E-state index in [2.05, 4.69) is 22.4 Å². The molecule has 3 atom stereocenters. The van der Waals surface area contributed by atoms with Crippen LogP contribution in [0.2, 0.25) is 0 Å². The second-order valence-electron chi connectivity index (χ2n) is 10.9. The molecule has 7 heteroatoms. The summed E-state index contributed by atoms with van der Waals surface area (Å²) >= 11 is 0. The van der Waals surface area contributed by atoms with Crippen LogP contribution in [0.5, 0.6) is 0 Å². The Hall–Kier alpha value is -3.19.